The number of rotatable bonds is 20. The second-order valence-electron chi connectivity index (χ2n) is 18.9. The average molecular weight is 1080 g/mol. The summed E-state index contributed by atoms with van der Waals surface area (Å²) in [6.07, 6.45) is 1.89. The van der Waals surface area contributed by atoms with Gasteiger partial charge in [-0.25, -0.2) is 4.98 Å². The summed E-state index contributed by atoms with van der Waals surface area (Å²) < 4.78 is 22.3. The molecule has 5 N–H and O–H groups in total. The Hall–Kier alpha value is -5.28. The number of amides is 2. The van der Waals surface area contributed by atoms with Gasteiger partial charge in [-0.2, -0.15) is 12.6 Å². The molecule has 9 rings (SSSR count). The van der Waals surface area contributed by atoms with Crippen LogP contribution in [0.3, 0.4) is 0 Å². The van der Waals surface area contributed by atoms with Crippen LogP contribution in [0.2, 0.25) is 0 Å². The molecule has 1 fully saturated rings. The molecule has 6 atom stereocenters. The van der Waals surface area contributed by atoms with E-state index in [1.165, 1.54) is 4.90 Å². The number of carbonyl (C=O) groups excluding carboxylic acids is 2. The van der Waals surface area contributed by atoms with E-state index in [1.807, 2.05) is 139 Å². The van der Waals surface area contributed by atoms with Crippen molar-refractivity contribution in [3.63, 3.8) is 0 Å². The van der Waals surface area contributed by atoms with Crippen LogP contribution in [-0.4, -0.2) is 195 Å². The number of para-hydroxylation sites is 2. The molecule has 0 bridgehead atoms. The molecule has 3 heterocycles. The fourth-order valence-electron chi connectivity index (χ4n) is 9.86. The first kappa shape index (κ1) is 60.9. The second-order valence-corrected chi connectivity index (χ2v) is 19.3. The number of carboxylic acid groups (broad SMARTS) is 2. The van der Waals surface area contributed by atoms with Gasteiger partial charge in [-0.1, -0.05) is 97.1 Å². The molecular weight excluding hydrogens is 1020 g/mol. The Morgan fingerprint density at radius 1 is 0.870 bits per heavy atom. The molecule has 2 aliphatic heterocycles. The molecule has 6 aromatic carbocycles. The molecule has 7 aromatic rings. The van der Waals surface area contributed by atoms with Gasteiger partial charge in [-0.15, -0.1) is 0 Å². The van der Waals surface area contributed by atoms with E-state index in [-0.39, 0.29) is 90.4 Å². The van der Waals surface area contributed by atoms with Crippen molar-refractivity contribution in [1.82, 2.24) is 19.7 Å². The maximum absolute atomic E-state index is 14.1. The standard InChI is InChI=1S/C37H34N2O9.C21H29N3O2S.2Na/c1-22(27(26-15-16-31-32(18-26)47-21-46-31)9-6-12-33-38-29-10-4-5-11-30(29)48-33)39(36(43)35(42)28(37(44)45)19-34(40)41)20-23-13-14-24-7-2-3-8-25(24)17-23;1-26-12-9-18-14-24(11-10-23(18)13-17(22)15-27)21(25)20-8-4-6-16-5-2-3-7-19(16)20;;/h2-8,10-18,22,27-28,35,42H,9,19-21H2,1H3,(H,40,41)(H,44,45);2-8,17-18,27H,9-15,22H2,1H3;;/b12-6+;;;/t22-,27+,28+,35+;17-,18+;;/m11../s1. The smallest absolute Gasteiger partial charge is 0.310 e. The zero-order chi connectivity index (χ0) is 53.0. The molecule has 394 valence electrons. The van der Waals surface area contributed by atoms with Crippen molar-refractivity contribution in [2.24, 2.45) is 11.7 Å². The van der Waals surface area contributed by atoms with Crippen LogP contribution in [0, 0.1) is 5.92 Å². The van der Waals surface area contributed by atoms with E-state index in [0.717, 1.165) is 57.7 Å². The van der Waals surface area contributed by atoms with Gasteiger partial charge in [0.1, 0.15) is 17.5 Å². The predicted octanol–water partition coefficient (Wildman–Crippen LogP) is 7.35. The Bertz CT molecular complexity index is 3120. The van der Waals surface area contributed by atoms with E-state index in [0.29, 0.717) is 60.4 Å². The minimum absolute atomic E-state index is 0. The van der Waals surface area contributed by atoms with Gasteiger partial charge in [0.25, 0.3) is 11.8 Å². The van der Waals surface area contributed by atoms with Crippen molar-refractivity contribution in [3.8, 4) is 11.5 Å². The monoisotopic (exact) mass is 1080 g/mol. The predicted molar refractivity (Wildman–Crippen MR) is 301 cm³/mol. The van der Waals surface area contributed by atoms with Crippen molar-refractivity contribution < 1.29 is 53.1 Å². The van der Waals surface area contributed by atoms with Crippen LogP contribution in [0.1, 0.15) is 59.5 Å². The van der Waals surface area contributed by atoms with E-state index in [4.69, 9.17) is 24.4 Å². The molecular formula is C58H63N5Na2O11S. The summed E-state index contributed by atoms with van der Waals surface area (Å²) >= 11 is 4.31. The van der Waals surface area contributed by atoms with Crippen LogP contribution in [-0.2, 0) is 25.7 Å². The van der Waals surface area contributed by atoms with Crippen LogP contribution in [0.5, 0.6) is 11.5 Å². The largest absolute Gasteiger partial charge is 0.481 e. The molecule has 2 aliphatic rings. The van der Waals surface area contributed by atoms with Gasteiger partial charge >= 0.3 is 11.9 Å². The molecule has 77 heavy (non-hydrogen) atoms. The number of nitrogens with two attached hydrogens (primary N) is 1. The quantitative estimate of drug-likeness (QED) is 0.0373. The van der Waals surface area contributed by atoms with E-state index in [2.05, 4.69) is 22.5 Å². The Labute approximate surface area is 497 Å². The number of aliphatic hydroxyl groups is 1. The SMILES string of the molecule is COCC[C@H]1CN(C(=O)c2cccc3ccccc23)CCN1C[C@@H](N)CS.C[C@H]([C@H](C/C=C/c1nc2ccccc2o1)c1ccc2c(c1)OCO2)N(Cc1ccc2ccccc2c1)C(=O)[C@@H](O)[C@H](CC(=O)O)C(=O)O.[Na].[Na]. The number of nitrogens with zero attached hydrogens (tertiary/aromatic N) is 4. The number of benzene rings is 6. The summed E-state index contributed by atoms with van der Waals surface area (Å²) in [4.78, 5) is 61.2. The van der Waals surface area contributed by atoms with Crippen molar-refractivity contribution >= 4 is 134 Å². The maximum Gasteiger partial charge on any atom is 0.310 e. The molecule has 0 aliphatic carbocycles. The van der Waals surface area contributed by atoms with E-state index >= 15 is 0 Å². The Morgan fingerprint density at radius 2 is 1.58 bits per heavy atom. The molecule has 16 nitrogen and oxygen atoms in total. The Morgan fingerprint density at radius 3 is 2.32 bits per heavy atom. The minimum atomic E-state index is -2.10. The van der Waals surface area contributed by atoms with Gasteiger partial charge in [0, 0.05) is 141 Å². The van der Waals surface area contributed by atoms with Crippen LogP contribution >= 0.6 is 12.6 Å². The van der Waals surface area contributed by atoms with Gasteiger partial charge < -0.3 is 49.5 Å². The summed E-state index contributed by atoms with van der Waals surface area (Å²) in [6, 6.07) is 40.0. The third kappa shape index (κ3) is 15.5. The van der Waals surface area contributed by atoms with Gasteiger partial charge in [-0.05, 0) is 94.9 Å². The number of allylic oxidation sites excluding steroid dienone is 1. The van der Waals surface area contributed by atoms with Crippen LogP contribution in [0.4, 0.5) is 0 Å². The van der Waals surface area contributed by atoms with Gasteiger partial charge in [0.15, 0.2) is 17.1 Å². The first-order valence-electron chi connectivity index (χ1n) is 25.0. The third-order valence-electron chi connectivity index (χ3n) is 13.9. The molecule has 2 amide bonds. The number of hydrogen-bond acceptors (Lipinski definition) is 13. The number of piperazine rings is 1. The van der Waals surface area contributed by atoms with E-state index in [9.17, 15) is 34.5 Å². The summed E-state index contributed by atoms with van der Waals surface area (Å²) in [5, 5.41) is 34.3. The molecule has 0 saturated carbocycles. The number of ether oxygens (including phenoxy) is 3. The number of oxazole rings is 1. The molecule has 19 heteroatoms. The molecule has 1 saturated heterocycles. The summed E-state index contributed by atoms with van der Waals surface area (Å²) in [6.45, 7) is 5.64. The number of thiol groups is 1. The number of fused-ring (bicyclic) bond motifs is 4. The maximum atomic E-state index is 14.1. The van der Waals surface area contributed by atoms with Crippen LogP contribution < -0.4 is 15.2 Å². The van der Waals surface area contributed by atoms with E-state index in [1.54, 1.807) is 19.3 Å². The van der Waals surface area contributed by atoms with Crippen LogP contribution in [0.15, 0.2) is 138 Å². The van der Waals surface area contributed by atoms with E-state index < -0.39 is 48.2 Å². The summed E-state index contributed by atoms with van der Waals surface area (Å²) in [5.74, 6) is -3.85. The van der Waals surface area contributed by atoms with Crippen molar-refractivity contribution in [2.75, 3.05) is 52.4 Å². The van der Waals surface area contributed by atoms with Gasteiger partial charge in [0.05, 0.1) is 6.42 Å². The van der Waals surface area contributed by atoms with Gasteiger partial charge in [0.2, 0.25) is 12.7 Å². The first-order valence-corrected chi connectivity index (χ1v) is 25.6. The number of carbonyl (C=O) groups is 4. The average Bonchev–Trinajstić information content (AvgIpc) is 4.09. The normalized spacial score (nSPS) is 16.1. The number of hydrogen-bond donors (Lipinski definition) is 5. The third-order valence-corrected chi connectivity index (χ3v) is 14.4. The fourth-order valence-corrected chi connectivity index (χ4v) is 9.97. The summed E-state index contributed by atoms with van der Waals surface area (Å²) in [5.41, 5.74) is 9.81. The van der Waals surface area contributed by atoms with Crippen molar-refractivity contribution in [1.29, 1.82) is 0 Å². The van der Waals surface area contributed by atoms with Crippen molar-refractivity contribution in [2.45, 2.75) is 62.9 Å². The van der Waals surface area contributed by atoms with Crippen LogP contribution in [0.25, 0.3) is 38.7 Å². The number of carboxylic acids is 2. The first-order chi connectivity index (χ1) is 36.3. The topological polar surface area (TPSA) is 218 Å². The summed E-state index contributed by atoms with van der Waals surface area (Å²) in [7, 11) is 1.71. The Balaban J connectivity index is 0.000000282. The number of aromatic nitrogens is 1. The number of aliphatic carboxylic acids is 2. The molecule has 1 aromatic heterocycles. The second kappa shape index (κ2) is 29.1. The number of aliphatic hydroxyl groups excluding tert-OH is 1. The molecule has 2 radical (unpaired) electrons. The number of methoxy groups -OCH3 is 1. The molecule has 0 unspecified atom stereocenters. The zero-order valence-corrected chi connectivity index (χ0v) is 48.8. The zero-order valence-electron chi connectivity index (χ0n) is 43.9. The fraction of sp³-hybridized carbons (Fsp3) is 0.328. The van der Waals surface area contributed by atoms with Crippen molar-refractivity contribution in [3.05, 3.63) is 156 Å². The Kier molecular flexibility index (Phi) is 23.0. The van der Waals surface area contributed by atoms with Gasteiger partial charge in [-0.3, -0.25) is 24.1 Å². The molecule has 0 spiro atoms. The minimum Gasteiger partial charge on any atom is -0.481 e.